The van der Waals surface area contributed by atoms with Gasteiger partial charge in [-0.05, 0) is 54.3 Å². The Morgan fingerprint density at radius 2 is 1.94 bits per heavy atom. The van der Waals surface area contributed by atoms with E-state index in [-0.39, 0.29) is 5.25 Å². The van der Waals surface area contributed by atoms with Crippen LogP contribution < -0.4 is 10.1 Å². The highest BCUT2D eigenvalue weighted by molar-refractivity contribution is 7.92. The van der Waals surface area contributed by atoms with Crippen molar-refractivity contribution in [2.24, 2.45) is 11.8 Å². The van der Waals surface area contributed by atoms with Crippen molar-refractivity contribution < 1.29 is 13.2 Å². The van der Waals surface area contributed by atoms with Crippen molar-refractivity contribution in [3.63, 3.8) is 0 Å². The first-order valence-corrected chi connectivity index (χ1v) is 12.4. The second-order valence-corrected chi connectivity index (χ2v) is 10.9. The Kier molecular flexibility index (Phi) is 6.61. The fraction of sp³-hybridized carbons (Fsp3) is 0.458. The van der Waals surface area contributed by atoms with Crippen LogP contribution in [0.25, 0.3) is 0 Å². The van der Waals surface area contributed by atoms with Gasteiger partial charge in [0, 0.05) is 38.6 Å². The standard InChI is InChI=1S/C24H29N3O3S/c1-18-15-27(10-9-19-3-2-4-20(11-19)12-25)16-21(18)17-30-22-5-7-23(8-6-22)31(28,29)24-13-26-14-24/h2-8,11,18,21,24,26H,9-10,13-17H2,1H3. The molecule has 2 aromatic rings. The van der Waals surface area contributed by atoms with Gasteiger partial charge in [-0.3, -0.25) is 0 Å². The van der Waals surface area contributed by atoms with Crippen LogP contribution in [0, 0.1) is 23.2 Å². The molecule has 2 aliphatic heterocycles. The van der Waals surface area contributed by atoms with Crippen molar-refractivity contribution in [1.82, 2.24) is 10.2 Å². The molecule has 0 bridgehead atoms. The van der Waals surface area contributed by atoms with Crippen LogP contribution in [-0.2, 0) is 16.3 Å². The Morgan fingerprint density at radius 3 is 2.61 bits per heavy atom. The average molecular weight is 440 g/mol. The van der Waals surface area contributed by atoms with Gasteiger partial charge >= 0.3 is 0 Å². The molecule has 2 aromatic carbocycles. The zero-order valence-corrected chi connectivity index (χ0v) is 18.6. The van der Waals surface area contributed by atoms with Gasteiger partial charge in [0.15, 0.2) is 9.84 Å². The van der Waals surface area contributed by atoms with Crippen molar-refractivity contribution in [2.45, 2.75) is 23.5 Å². The van der Waals surface area contributed by atoms with E-state index in [1.807, 2.05) is 18.2 Å². The summed E-state index contributed by atoms with van der Waals surface area (Å²) in [7, 11) is -3.24. The SMILES string of the molecule is CC1CN(CCc2cccc(C#N)c2)CC1COc1ccc(S(=O)(=O)C2CNC2)cc1. The van der Waals surface area contributed by atoms with Crippen LogP contribution >= 0.6 is 0 Å². The highest BCUT2D eigenvalue weighted by Crippen LogP contribution is 2.26. The molecule has 6 nitrogen and oxygen atoms in total. The van der Waals surface area contributed by atoms with Crippen molar-refractivity contribution in [2.75, 3.05) is 39.3 Å². The van der Waals surface area contributed by atoms with E-state index in [0.717, 1.165) is 26.1 Å². The molecule has 4 rings (SSSR count). The number of likely N-dealkylation sites (tertiary alicyclic amines) is 1. The van der Waals surface area contributed by atoms with Crippen LogP contribution in [0.15, 0.2) is 53.4 Å². The maximum atomic E-state index is 12.5. The lowest BCUT2D eigenvalue weighted by molar-refractivity contribution is 0.225. The first-order chi connectivity index (χ1) is 15.0. The largest absolute Gasteiger partial charge is 0.493 e. The molecule has 31 heavy (non-hydrogen) atoms. The summed E-state index contributed by atoms with van der Waals surface area (Å²) in [6, 6.07) is 16.8. The smallest absolute Gasteiger partial charge is 0.183 e. The fourth-order valence-electron chi connectivity index (χ4n) is 4.23. The Labute approximate surface area is 184 Å². The van der Waals surface area contributed by atoms with Gasteiger partial charge in [0.25, 0.3) is 0 Å². The molecule has 2 heterocycles. The summed E-state index contributed by atoms with van der Waals surface area (Å²) < 4.78 is 30.9. The number of hydrogen-bond acceptors (Lipinski definition) is 6. The van der Waals surface area contributed by atoms with Crippen LogP contribution in [0.3, 0.4) is 0 Å². The molecule has 0 spiro atoms. The molecule has 2 unspecified atom stereocenters. The molecule has 2 atom stereocenters. The average Bonchev–Trinajstić information content (AvgIpc) is 3.09. The minimum absolute atomic E-state index is 0.313. The first-order valence-electron chi connectivity index (χ1n) is 10.8. The summed E-state index contributed by atoms with van der Waals surface area (Å²) in [6.07, 6.45) is 0.933. The lowest BCUT2D eigenvalue weighted by Gasteiger charge is -2.26. The van der Waals surface area contributed by atoms with Crippen molar-refractivity contribution >= 4 is 9.84 Å². The molecule has 0 aliphatic carbocycles. The Bertz CT molecular complexity index is 1040. The third-order valence-corrected chi connectivity index (χ3v) is 8.56. The maximum Gasteiger partial charge on any atom is 0.183 e. The molecule has 164 valence electrons. The number of benzene rings is 2. The highest BCUT2D eigenvalue weighted by atomic mass is 32.2. The molecule has 0 saturated carbocycles. The molecule has 2 fully saturated rings. The van der Waals surface area contributed by atoms with Crippen molar-refractivity contribution in [3.8, 4) is 11.8 Å². The number of rotatable bonds is 8. The fourth-order valence-corrected chi connectivity index (χ4v) is 5.80. The molecule has 0 aromatic heterocycles. The van der Waals surface area contributed by atoms with Crippen LogP contribution in [0.5, 0.6) is 5.75 Å². The molecule has 2 saturated heterocycles. The van der Waals surface area contributed by atoms with Gasteiger partial charge in [-0.25, -0.2) is 8.42 Å². The van der Waals surface area contributed by atoms with Gasteiger partial charge in [0.1, 0.15) is 5.75 Å². The Balaban J connectivity index is 1.26. The second-order valence-electron chi connectivity index (χ2n) is 8.67. The van der Waals surface area contributed by atoms with Crippen molar-refractivity contribution in [3.05, 3.63) is 59.7 Å². The van der Waals surface area contributed by atoms with Gasteiger partial charge in [0.2, 0.25) is 0 Å². The van der Waals surface area contributed by atoms with Gasteiger partial charge in [-0.2, -0.15) is 5.26 Å². The van der Waals surface area contributed by atoms with E-state index in [1.54, 1.807) is 24.3 Å². The normalized spacial score (nSPS) is 22.1. The Morgan fingerprint density at radius 1 is 1.16 bits per heavy atom. The minimum atomic E-state index is -3.24. The first kappa shape index (κ1) is 21.8. The number of nitrogens with one attached hydrogen (secondary N) is 1. The third kappa shape index (κ3) is 5.09. The molecule has 1 N–H and O–H groups in total. The minimum Gasteiger partial charge on any atom is -0.493 e. The highest BCUT2D eigenvalue weighted by Gasteiger charge is 2.32. The zero-order chi connectivity index (χ0) is 21.8. The van der Waals surface area contributed by atoms with E-state index < -0.39 is 9.84 Å². The van der Waals surface area contributed by atoms with Gasteiger partial charge in [-0.1, -0.05) is 19.1 Å². The molecule has 0 amide bonds. The summed E-state index contributed by atoms with van der Waals surface area (Å²) in [4.78, 5) is 2.83. The summed E-state index contributed by atoms with van der Waals surface area (Å²) in [5.74, 6) is 1.69. The van der Waals surface area contributed by atoms with Gasteiger partial charge in [-0.15, -0.1) is 0 Å². The number of sulfone groups is 1. The molecule has 2 aliphatic rings. The summed E-state index contributed by atoms with van der Waals surface area (Å²) in [6.45, 7) is 6.94. The van der Waals surface area contributed by atoms with Crippen LogP contribution in [-0.4, -0.2) is 57.9 Å². The number of ether oxygens (including phenoxy) is 1. The van der Waals surface area contributed by atoms with E-state index in [0.29, 0.717) is 47.7 Å². The monoisotopic (exact) mass is 439 g/mol. The van der Waals surface area contributed by atoms with Gasteiger partial charge < -0.3 is 15.0 Å². The van der Waals surface area contributed by atoms with Crippen LogP contribution in [0.4, 0.5) is 0 Å². The predicted octanol–water partition coefficient (Wildman–Crippen LogP) is 2.49. The van der Waals surface area contributed by atoms with Crippen LogP contribution in [0.2, 0.25) is 0 Å². The second kappa shape index (κ2) is 9.39. The molecular formula is C24H29N3O3S. The predicted molar refractivity (Wildman–Crippen MR) is 120 cm³/mol. The number of nitrogens with zero attached hydrogens (tertiary/aromatic N) is 2. The van der Waals surface area contributed by atoms with E-state index in [4.69, 9.17) is 10.00 Å². The van der Waals surface area contributed by atoms with E-state index in [1.165, 1.54) is 5.56 Å². The summed E-state index contributed by atoms with van der Waals surface area (Å²) >= 11 is 0. The quantitative estimate of drug-likeness (QED) is 0.681. The van der Waals surface area contributed by atoms with E-state index in [9.17, 15) is 8.42 Å². The van der Waals surface area contributed by atoms with Crippen LogP contribution in [0.1, 0.15) is 18.1 Å². The summed E-state index contributed by atoms with van der Waals surface area (Å²) in [5.41, 5.74) is 1.90. The van der Waals surface area contributed by atoms with E-state index >= 15 is 0 Å². The van der Waals surface area contributed by atoms with E-state index in [2.05, 4.69) is 29.3 Å². The lowest BCUT2D eigenvalue weighted by atomic mass is 9.99. The third-order valence-electron chi connectivity index (χ3n) is 6.42. The zero-order valence-electron chi connectivity index (χ0n) is 17.8. The summed E-state index contributed by atoms with van der Waals surface area (Å²) in [5, 5.41) is 11.7. The van der Waals surface area contributed by atoms with Crippen molar-refractivity contribution in [1.29, 1.82) is 5.26 Å². The molecule has 7 heteroatoms. The Hall–Kier alpha value is -2.40. The topological polar surface area (TPSA) is 82.4 Å². The van der Waals surface area contributed by atoms with Gasteiger partial charge in [0.05, 0.1) is 28.4 Å². The lowest BCUT2D eigenvalue weighted by Crippen LogP contribution is -2.51. The molecular weight excluding hydrogens is 410 g/mol. The number of nitriles is 1. The number of hydrogen-bond donors (Lipinski definition) is 1. The maximum absolute atomic E-state index is 12.5. The molecule has 0 radical (unpaired) electrons.